The second-order valence-electron chi connectivity index (χ2n) is 5.93. The molecule has 0 atom stereocenters. The lowest BCUT2D eigenvalue weighted by atomic mass is 10.1. The first-order chi connectivity index (χ1) is 8.12. The molecule has 112 valence electrons. The number of unbranched alkanes of at least 4 members (excludes halogenated alkanes) is 7. The minimum Gasteiger partial charge on any atom is -1.00 e. The van der Waals surface area contributed by atoms with E-state index in [0.29, 0.717) is 6.61 Å². The molecule has 0 spiro atoms. The number of quaternary nitrogens is 1. The molecule has 0 aromatic heterocycles. The molecule has 0 aromatic rings. The molecular formula is C15H34BrNO. The summed E-state index contributed by atoms with van der Waals surface area (Å²) in [5.74, 6) is 0. The van der Waals surface area contributed by atoms with Crippen LogP contribution in [0, 0.1) is 0 Å². The minimum absolute atomic E-state index is 0. The van der Waals surface area contributed by atoms with Gasteiger partial charge in [-0.25, -0.2) is 0 Å². The molecule has 0 aliphatic carbocycles. The summed E-state index contributed by atoms with van der Waals surface area (Å²) in [6, 6.07) is 0. The van der Waals surface area contributed by atoms with E-state index in [4.69, 9.17) is 5.11 Å². The van der Waals surface area contributed by atoms with Gasteiger partial charge in [0.05, 0.1) is 27.2 Å². The number of hydrogen-bond donors (Lipinski definition) is 1. The number of aliphatic hydroxyl groups is 1. The molecule has 0 saturated carbocycles. The SMILES string of the molecule is CCCCCCCCC[N+](C)(C)CCCCO.[Br-]. The molecule has 0 rings (SSSR count). The van der Waals surface area contributed by atoms with Gasteiger partial charge < -0.3 is 26.6 Å². The van der Waals surface area contributed by atoms with E-state index in [1.165, 1.54) is 58.0 Å². The van der Waals surface area contributed by atoms with Gasteiger partial charge in [-0.15, -0.1) is 0 Å². The Hall–Kier alpha value is 0.400. The molecule has 1 N–H and O–H groups in total. The summed E-state index contributed by atoms with van der Waals surface area (Å²) in [5.41, 5.74) is 0. The first kappa shape index (κ1) is 20.7. The van der Waals surface area contributed by atoms with Crippen LogP contribution in [-0.2, 0) is 0 Å². The van der Waals surface area contributed by atoms with Crippen molar-refractivity contribution in [3.63, 3.8) is 0 Å². The van der Waals surface area contributed by atoms with Crippen molar-refractivity contribution in [2.24, 2.45) is 0 Å². The Bertz CT molecular complexity index is 163. The lowest BCUT2D eigenvalue weighted by Crippen LogP contribution is -3.00. The predicted octanol–water partition coefficient (Wildman–Crippen LogP) is 0.590. The Morgan fingerprint density at radius 2 is 1.17 bits per heavy atom. The van der Waals surface area contributed by atoms with Crippen LogP contribution in [0.1, 0.15) is 64.7 Å². The largest absolute Gasteiger partial charge is 1.00 e. The zero-order chi connectivity index (χ0) is 13.0. The summed E-state index contributed by atoms with van der Waals surface area (Å²) < 4.78 is 1.12. The maximum atomic E-state index is 8.77. The Labute approximate surface area is 125 Å². The molecule has 0 aromatic carbocycles. The van der Waals surface area contributed by atoms with E-state index in [2.05, 4.69) is 21.0 Å². The Kier molecular flexibility index (Phi) is 15.9. The number of nitrogens with zero attached hydrogens (tertiary/aromatic N) is 1. The van der Waals surface area contributed by atoms with Crippen LogP contribution in [0.2, 0.25) is 0 Å². The number of rotatable bonds is 12. The van der Waals surface area contributed by atoms with E-state index in [0.717, 1.165) is 17.3 Å². The average Bonchev–Trinajstić information content (AvgIpc) is 2.28. The molecule has 0 bridgehead atoms. The highest BCUT2D eigenvalue weighted by molar-refractivity contribution is 4.46. The van der Waals surface area contributed by atoms with Gasteiger partial charge >= 0.3 is 0 Å². The van der Waals surface area contributed by atoms with Gasteiger partial charge in [0, 0.05) is 6.61 Å². The van der Waals surface area contributed by atoms with E-state index in [9.17, 15) is 0 Å². The highest BCUT2D eigenvalue weighted by Gasteiger charge is 2.13. The number of aliphatic hydroxyl groups excluding tert-OH is 1. The summed E-state index contributed by atoms with van der Waals surface area (Å²) in [4.78, 5) is 0. The van der Waals surface area contributed by atoms with Crippen LogP contribution in [0.15, 0.2) is 0 Å². The van der Waals surface area contributed by atoms with Crippen molar-refractivity contribution in [3.8, 4) is 0 Å². The molecule has 0 saturated heterocycles. The van der Waals surface area contributed by atoms with Gasteiger partial charge in [0.15, 0.2) is 0 Å². The number of halogens is 1. The second-order valence-corrected chi connectivity index (χ2v) is 5.93. The highest BCUT2D eigenvalue weighted by atomic mass is 79.9. The van der Waals surface area contributed by atoms with Crippen LogP contribution in [0.25, 0.3) is 0 Å². The Balaban J connectivity index is 0. The molecule has 3 heteroatoms. The minimum atomic E-state index is 0. The molecule has 0 aliphatic rings. The Morgan fingerprint density at radius 1 is 0.722 bits per heavy atom. The van der Waals surface area contributed by atoms with Gasteiger partial charge in [-0.2, -0.15) is 0 Å². The quantitative estimate of drug-likeness (QED) is 0.412. The van der Waals surface area contributed by atoms with Crippen LogP contribution >= 0.6 is 0 Å². The highest BCUT2D eigenvalue weighted by Crippen LogP contribution is 2.10. The maximum Gasteiger partial charge on any atom is 0.0783 e. The summed E-state index contributed by atoms with van der Waals surface area (Å²) >= 11 is 0. The molecule has 0 fully saturated rings. The molecular weight excluding hydrogens is 290 g/mol. The zero-order valence-corrected chi connectivity index (χ0v) is 14.3. The standard InChI is InChI=1S/C15H34NO.BrH/c1-4-5-6-7-8-9-10-13-16(2,3)14-11-12-15-17;/h17H,4-15H2,1-3H3;1H/q+1;/p-1. The van der Waals surface area contributed by atoms with Gasteiger partial charge in [-0.05, 0) is 25.7 Å². The lowest BCUT2D eigenvalue weighted by Gasteiger charge is -2.29. The Morgan fingerprint density at radius 3 is 1.67 bits per heavy atom. The summed E-state index contributed by atoms with van der Waals surface area (Å²) in [6.45, 7) is 5.11. The third kappa shape index (κ3) is 14.5. The van der Waals surface area contributed by atoms with E-state index >= 15 is 0 Å². The van der Waals surface area contributed by atoms with Crippen LogP contribution in [-0.4, -0.2) is 43.4 Å². The van der Waals surface area contributed by atoms with Gasteiger partial charge in [0.2, 0.25) is 0 Å². The normalized spacial score (nSPS) is 11.3. The molecule has 18 heavy (non-hydrogen) atoms. The van der Waals surface area contributed by atoms with Gasteiger partial charge in [0.1, 0.15) is 0 Å². The molecule has 0 aliphatic heterocycles. The molecule has 0 radical (unpaired) electrons. The monoisotopic (exact) mass is 323 g/mol. The first-order valence-corrected chi connectivity index (χ1v) is 7.55. The average molecular weight is 324 g/mol. The smallest absolute Gasteiger partial charge is 0.0783 e. The summed E-state index contributed by atoms with van der Waals surface area (Å²) in [5, 5.41) is 8.77. The third-order valence-corrected chi connectivity index (χ3v) is 3.54. The predicted molar refractivity (Wildman–Crippen MR) is 76.2 cm³/mol. The van der Waals surface area contributed by atoms with Crippen molar-refractivity contribution >= 4 is 0 Å². The van der Waals surface area contributed by atoms with E-state index in [1.54, 1.807) is 0 Å². The number of hydrogen-bond acceptors (Lipinski definition) is 1. The van der Waals surface area contributed by atoms with Crippen LogP contribution in [0.5, 0.6) is 0 Å². The first-order valence-electron chi connectivity index (χ1n) is 7.55. The fourth-order valence-corrected chi connectivity index (χ4v) is 2.26. The van der Waals surface area contributed by atoms with Crippen molar-refractivity contribution in [1.29, 1.82) is 0 Å². The van der Waals surface area contributed by atoms with Gasteiger partial charge in [-0.3, -0.25) is 0 Å². The van der Waals surface area contributed by atoms with Crippen molar-refractivity contribution in [2.45, 2.75) is 64.7 Å². The third-order valence-electron chi connectivity index (χ3n) is 3.54. The van der Waals surface area contributed by atoms with Crippen LogP contribution in [0.3, 0.4) is 0 Å². The van der Waals surface area contributed by atoms with Crippen molar-refractivity contribution in [1.82, 2.24) is 0 Å². The fourth-order valence-electron chi connectivity index (χ4n) is 2.26. The molecule has 0 unspecified atom stereocenters. The molecule has 2 nitrogen and oxygen atoms in total. The van der Waals surface area contributed by atoms with Crippen LogP contribution < -0.4 is 17.0 Å². The fraction of sp³-hybridized carbons (Fsp3) is 1.00. The van der Waals surface area contributed by atoms with Crippen LogP contribution in [0.4, 0.5) is 0 Å². The lowest BCUT2D eigenvalue weighted by molar-refractivity contribution is -0.890. The zero-order valence-electron chi connectivity index (χ0n) is 12.8. The maximum absolute atomic E-state index is 8.77. The molecule has 0 amide bonds. The second kappa shape index (κ2) is 13.8. The topological polar surface area (TPSA) is 20.2 Å². The van der Waals surface area contributed by atoms with Gasteiger partial charge in [0.25, 0.3) is 0 Å². The van der Waals surface area contributed by atoms with Gasteiger partial charge in [-0.1, -0.05) is 39.0 Å². The van der Waals surface area contributed by atoms with E-state index < -0.39 is 0 Å². The van der Waals surface area contributed by atoms with Crippen molar-refractivity contribution < 1.29 is 26.6 Å². The van der Waals surface area contributed by atoms with E-state index in [-0.39, 0.29) is 17.0 Å². The van der Waals surface area contributed by atoms with E-state index in [1.807, 2.05) is 0 Å². The summed E-state index contributed by atoms with van der Waals surface area (Å²) in [6.07, 6.45) is 11.9. The van der Waals surface area contributed by atoms with Crippen molar-refractivity contribution in [3.05, 3.63) is 0 Å². The molecule has 0 heterocycles. The van der Waals surface area contributed by atoms with Crippen molar-refractivity contribution in [2.75, 3.05) is 33.8 Å². The summed E-state index contributed by atoms with van der Waals surface area (Å²) in [7, 11) is 4.63.